The molecule has 1 N–H and O–H groups in total. The first-order chi connectivity index (χ1) is 10.5. The van der Waals surface area contributed by atoms with Crippen LogP contribution in [0.2, 0.25) is 0 Å². The first-order valence-corrected chi connectivity index (χ1v) is 7.23. The summed E-state index contributed by atoms with van der Waals surface area (Å²) in [5, 5.41) is 18.3. The van der Waals surface area contributed by atoms with Crippen LogP contribution in [0.5, 0.6) is 5.75 Å². The van der Waals surface area contributed by atoms with Crippen LogP contribution in [0, 0.1) is 11.3 Å². The molecule has 1 fully saturated rings. The highest BCUT2D eigenvalue weighted by atomic mass is 16.5. The molecule has 6 nitrogen and oxygen atoms in total. The van der Waals surface area contributed by atoms with Crippen molar-refractivity contribution in [3.63, 3.8) is 0 Å². The molecular formula is C16H18N2O4. The molecule has 22 heavy (non-hydrogen) atoms. The fraction of sp³-hybridized carbons (Fsp3) is 0.438. The smallest absolute Gasteiger partial charge is 0.326 e. The van der Waals surface area contributed by atoms with E-state index in [1.807, 2.05) is 6.07 Å². The average Bonchev–Trinajstić information content (AvgIpc) is 2.54. The number of likely N-dealkylation sites (tertiary alicyclic amines) is 1. The van der Waals surface area contributed by atoms with E-state index < -0.39 is 18.1 Å². The minimum absolute atomic E-state index is 0.328. The molecule has 0 unspecified atom stereocenters. The minimum Gasteiger partial charge on any atom is -0.480 e. The van der Waals surface area contributed by atoms with Crippen LogP contribution in [0.4, 0.5) is 0 Å². The zero-order valence-corrected chi connectivity index (χ0v) is 12.4. The van der Waals surface area contributed by atoms with Crippen LogP contribution < -0.4 is 4.74 Å². The molecule has 2 atom stereocenters. The fourth-order valence-electron chi connectivity index (χ4n) is 2.59. The third-order valence-corrected chi connectivity index (χ3v) is 3.73. The van der Waals surface area contributed by atoms with Crippen LogP contribution in [0.25, 0.3) is 0 Å². The predicted molar refractivity (Wildman–Crippen MR) is 78.2 cm³/mol. The monoisotopic (exact) mass is 302 g/mol. The van der Waals surface area contributed by atoms with E-state index in [2.05, 4.69) is 0 Å². The number of carboxylic acids is 1. The number of carboxylic acid groups (broad SMARTS) is 1. The molecule has 6 heteroatoms. The first kappa shape index (κ1) is 15.8. The second kappa shape index (κ2) is 6.94. The lowest BCUT2D eigenvalue weighted by Crippen LogP contribution is -2.52. The van der Waals surface area contributed by atoms with Gasteiger partial charge in [0.15, 0.2) is 6.10 Å². The molecule has 2 rings (SSSR count). The zero-order valence-electron chi connectivity index (χ0n) is 12.4. The summed E-state index contributed by atoms with van der Waals surface area (Å²) in [4.78, 5) is 25.1. The highest BCUT2D eigenvalue weighted by Gasteiger charge is 2.34. The highest BCUT2D eigenvalue weighted by Crippen LogP contribution is 2.22. The maximum atomic E-state index is 12.5. The predicted octanol–water partition coefficient (Wildman–Crippen LogP) is 1.79. The molecule has 0 aliphatic carbocycles. The number of amides is 1. The van der Waals surface area contributed by atoms with Gasteiger partial charge in [-0.1, -0.05) is 12.1 Å². The first-order valence-electron chi connectivity index (χ1n) is 7.23. The van der Waals surface area contributed by atoms with Crippen molar-refractivity contribution in [1.82, 2.24) is 4.90 Å². The number of carbonyl (C=O) groups excluding carboxylic acids is 1. The van der Waals surface area contributed by atoms with E-state index in [0.29, 0.717) is 24.3 Å². The number of ether oxygens (including phenoxy) is 1. The van der Waals surface area contributed by atoms with Gasteiger partial charge in [0, 0.05) is 6.54 Å². The van der Waals surface area contributed by atoms with E-state index in [1.54, 1.807) is 31.2 Å². The Balaban J connectivity index is 2.11. The van der Waals surface area contributed by atoms with Gasteiger partial charge in [-0.05, 0) is 38.3 Å². The number of rotatable bonds is 4. The molecule has 0 saturated carbocycles. The van der Waals surface area contributed by atoms with Gasteiger partial charge in [0.2, 0.25) is 0 Å². The third-order valence-electron chi connectivity index (χ3n) is 3.73. The van der Waals surface area contributed by atoms with Crippen LogP contribution in [0.3, 0.4) is 0 Å². The molecule has 1 aromatic carbocycles. The van der Waals surface area contributed by atoms with Crippen LogP contribution in [0.1, 0.15) is 31.7 Å². The lowest BCUT2D eigenvalue weighted by Gasteiger charge is -2.34. The Kier molecular flexibility index (Phi) is 4.99. The van der Waals surface area contributed by atoms with Crippen LogP contribution >= 0.6 is 0 Å². The van der Waals surface area contributed by atoms with E-state index in [4.69, 9.17) is 10.00 Å². The summed E-state index contributed by atoms with van der Waals surface area (Å²) < 4.78 is 5.57. The van der Waals surface area contributed by atoms with Gasteiger partial charge < -0.3 is 14.7 Å². The Morgan fingerprint density at radius 1 is 1.41 bits per heavy atom. The summed E-state index contributed by atoms with van der Waals surface area (Å²) in [6.07, 6.45) is 1.21. The Hall–Kier alpha value is -2.55. The number of hydrogen-bond donors (Lipinski definition) is 1. The van der Waals surface area contributed by atoms with Gasteiger partial charge in [-0.3, -0.25) is 4.79 Å². The number of nitrogens with zero attached hydrogens (tertiary/aromatic N) is 2. The molecular weight excluding hydrogens is 284 g/mol. The van der Waals surface area contributed by atoms with Crippen LogP contribution in [-0.2, 0) is 9.59 Å². The van der Waals surface area contributed by atoms with Gasteiger partial charge in [0.25, 0.3) is 5.91 Å². The molecule has 1 saturated heterocycles. The summed E-state index contributed by atoms with van der Waals surface area (Å²) in [6.45, 7) is 1.99. The summed E-state index contributed by atoms with van der Waals surface area (Å²) >= 11 is 0. The minimum atomic E-state index is -0.988. The molecule has 0 bridgehead atoms. The molecule has 0 spiro atoms. The zero-order chi connectivity index (χ0) is 16.1. The Bertz CT molecular complexity index is 608. The number of carbonyl (C=O) groups is 2. The van der Waals surface area contributed by atoms with Crippen molar-refractivity contribution in [3.8, 4) is 11.8 Å². The van der Waals surface area contributed by atoms with Crippen LogP contribution in [0.15, 0.2) is 24.3 Å². The van der Waals surface area contributed by atoms with Crippen molar-refractivity contribution in [3.05, 3.63) is 29.8 Å². The van der Waals surface area contributed by atoms with Crippen molar-refractivity contribution < 1.29 is 19.4 Å². The van der Waals surface area contributed by atoms with Gasteiger partial charge >= 0.3 is 5.97 Å². The number of aliphatic carboxylic acids is 1. The van der Waals surface area contributed by atoms with Crippen molar-refractivity contribution in [2.24, 2.45) is 0 Å². The number of hydrogen-bond acceptors (Lipinski definition) is 4. The maximum Gasteiger partial charge on any atom is 0.326 e. The molecule has 1 heterocycles. The maximum absolute atomic E-state index is 12.5. The molecule has 116 valence electrons. The molecule has 1 aromatic rings. The van der Waals surface area contributed by atoms with E-state index in [9.17, 15) is 14.7 Å². The standard InChI is InChI=1S/C16H18N2O4/c1-11(22-14-8-3-2-6-12(14)10-17)15(19)18-9-5-4-7-13(18)16(20)21/h2-3,6,8,11,13H,4-5,7,9H2,1H3,(H,20,21)/t11-,13+/m1/s1. The molecule has 1 aliphatic rings. The Morgan fingerprint density at radius 2 is 2.14 bits per heavy atom. The second-order valence-corrected chi connectivity index (χ2v) is 5.25. The van der Waals surface area contributed by atoms with Gasteiger partial charge in [-0.2, -0.15) is 5.26 Å². The largest absolute Gasteiger partial charge is 0.480 e. The van der Waals surface area contributed by atoms with Gasteiger partial charge in [-0.15, -0.1) is 0 Å². The van der Waals surface area contributed by atoms with E-state index in [1.165, 1.54) is 4.90 Å². The molecule has 1 aliphatic heterocycles. The highest BCUT2D eigenvalue weighted by molar-refractivity contribution is 5.86. The van der Waals surface area contributed by atoms with Gasteiger partial charge in [0.1, 0.15) is 17.9 Å². The fourth-order valence-corrected chi connectivity index (χ4v) is 2.59. The third kappa shape index (κ3) is 3.37. The lowest BCUT2D eigenvalue weighted by molar-refractivity contribution is -0.155. The molecule has 0 aromatic heterocycles. The van der Waals surface area contributed by atoms with Gasteiger partial charge in [-0.25, -0.2) is 4.79 Å². The second-order valence-electron chi connectivity index (χ2n) is 5.25. The molecule has 1 amide bonds. The number of para-hydroxylation sites is 1. The normalized spacial score (nSPS) is 19.1. The lowest BCUT2D eigenvalue weighted by atomic mass is 10.0. The van der Waals surface area contributed by atoms with Crippen molar-refractivity contribution in [2.45, 2.75) is 38.3 Å². The number of nitriles is 1. The van der Waals surface area contributed by atoms with E-state index in [-0.39, 0.29) is 5.91 Å². The summed E-state index contributed by atoms with van der Waals surface area (Å²) in [7, 11) is 0. The van der Waals surface area contributed by atoms with E-state index >= 15 is 0 Å². The summed E-state index contributed by atoms with van der Waals surface area (Å²) in [6, 6.07) is 7.86. The topological polar surface area (TPSA) is 90.6 Å². The van der Waals surface area contributed by atoms with Crippen molar-refractivity contribution in [2.75, 3.05) is 6.54 Å². The Labute approximate surface area is 128 Å². The van der Waals surface area contributed by atoms with Crippen molar-refractivity contribution >= 4 is 11.9 Å². The Morgan fingerprint density at radius 3 is 2.82 bits per heavy atom. The average molecular weight is 302 g/mol. The summed E-state index contributed by atoms with van der Waals surface area (Å²) in [5.41, 5.74) is 0.343. The van der Waals surface area contributed by atoms with Crippen LogP contribution in [-0.4, -0.2) is 40.6 Å². The molecule has 0 radical (unpaired) electrons. The quantitative estimate of drug-likeness (QED) is 0.915. The van der Waals surface area contributed by atoms with Crippen molar-refractivity contribution in [1.29, 1.82) is 5.26 Å². The number of benzene rings is 1. The summed E-state index contributed by atoms with van der Waals surface area (Å²) in [5.74, 6) is -1.02. The number of piperidine rings is 1. The SMILES string of the molecule is C[C@@H](Oc1ccccc1C#N)C(=O)N1CCCC[C@H]1C(=O)O. The van der Waals surface area contributed by atoms with Gasteiger partial charge in [0.05, 0.1) is 5.56 Å². The van der Waals surface area contributed by atoms with E-state index in [0.717, 1.165) is 12.8 Å².